The van der Waals surface area contributed by atoms with E-state index in [2.05, 4.69) is 40.5 Å². The quantitative estimate of drug-likeness (QED) is 0.738. The van der Waals surface area contributed by atoms with Crippen molar-refractivity contribution in [3.63, 3.8) is 0 Å². The summed E-state index contributed by atoms with van der Waals surface area (Å²) >= 11 is 1.59. The summed E-state index contributed by atoms with van der Waals surface area (Å²) in [7, 11) is 0. The van der Waals surface area contributed by atoms with Gasteiger partial charge in [-0.15, -0.1) is 11.8 Å². The van der Waals surface area contributed by atoms with Gasteiger partial charge in [0.05, 0.1) is 11.4 Å². The van der Waals surface area contributed by atoms with E-state index in [1.807, 2.05) is 29.2 Å². The Labute approximate surface area is 182 Å². The van der Waals surface area contributed by atoms with Gasteiger partial charge in [-0.1, -0.05) is 42.5 Å². The highest BCUT2D eigenvalue weighted by Gasteiger charge is 2.24. The maximum Gasteiger partial charge on any atom is 0.237 e. The number of nitrogens with one attached hydrogen (secondary N) is 1. The Morgan fingerprint density at radius 3 is 2.57 bits per heavy atom. The Kier molecular flexibility index (Phi) is 7.07. The summed E-state index contributed by atoms with van der Waals surface area (Å²) in [6.45, 7) is 3.59. The lowest BCUT2D eigenvalue weighted by Crippen LogP contribution is -2.44. The molecule has 6 heteroatoms. The molecular formula is C24H29N3O2S. The van der Waals surface area contributed by atoms with E-state index in [0.29, 0.717) is 25.1 Å². The third-order valence-corrected chi connectivity index (χ3v) is 6.84. The van der Waals surface area contributed by atoms with Crippen LogP contribution in [0, 0.1) is 0 Å². The number of likely N-dealkylation sites (tertiary alicyclic amines) is 1. The average Bonchev–Trinajstić information content (AvgIpc) is 2.77. The molecule has 0 unspecified atom stereocenters. The first-order valence-electron chi connectivity index (χ1n) is 10.8. The van der Waals surface area contributed by atoms with E-state index in [4.69, 9.17) is 0 Å². The number of anilines is 1. The van der Waals surface area contributed by atoms with Crippen molar-refractivity contribution < 1.29 is 9.59 Å². The number of fused-ring (bicyclic) bond motifs is 1. The van der Waals surface area contributed by atoms with Crippen molar-refractivity contribution in [2.45, 2.75) is 43.2 Å². The van der Waals surface area contributed by atoms with Crippen LogP contribution >= 0.6 is 11.8 Å². The fourth-order valence-electron chi connectivity index (χ4n) is 4.17. The second-order valence-corrected chi connectivity index (χ2v) is 9.03. The number of amides is 2. The molecule has 0 saturated carbocycles. The molecule has 0 aromatic heterocycles. The van der Waals surface area contributed by atoms with Crippen LogP contribution in [0.2, 0.25) is 0 Å². The van der Waals surface area contributed by atoms with Crippen LogP contribution in [0.25, 0.3) is 0 Å². The number of rotatable bonds is 7. The van der Waals surface area contributed by atoms with Gasteiger partial charge in [-0.25, -0.2) is 0 Å². The molecule has 2 aliphatic rings. The van der Waals surface area contributed by atoms with Gasteiger partial charge in [0, 0.05) is 43.5 Å². The molecule has 1 saturated heterocycles. The fraction of sp³-hybridized carbons (Fsp3) is 0.417. The lowest BCUT2D eigenvalue weighted by Gasteiger charge is -2.32. The highest BCUT2D eigenvalue weighted by Crippen LogP contribution is 2.34. The minimum Gasteiger partial charge on any atom is -0.353 e. The van der Waals surface area contributed by atoms with E-state index < -0.39 is 0 Å². The van der Waals surface area contributed by atoms with Gasteiger partial charge in [-0.05, 0) is 37.0 Å². The minimum atomic E-state index is 0.101. The first-order chi connectivity index (χ1) is 14.7. The van der Waals surface area contributed by atoms with Crippen LogP contribution in [0.15, 0.2) is 59.5 Å². The van der Waals surface area contributed by atoms with Crippen LogP contribution in [0.4, 0.5) is 5.69 Å². The molecule has 2 aromatic rings. The monoisotopic (exact) mass is 423 g/mol. The van der Waals surface area contributed by atoms with E-state index in [9.17, 15) is 9.59 Å². The highest BCUT2D eigenvalue weighted by atomic mass is 32.2. The highest BCUT2D eigenvalue weighted by molar-refractivity contribution is 8.00. The Morgan fingerprint density at radius 1 is 1.03 bits per heavy atom. The largest absolute Gasteiger partial charge is 0.353 e. The molecule has 1 fully saturated rings. The number of piperidine rings is 1. The minimum absolute atomic E-state index is 0.101. The molecule has 2 aliphatic heterocycles. The Balaban J connectivity index is 1.18. The molecule has 0 radical (unpaired) electrons. The molecule has 2 amide bonds. The van der Waals surface area contributed by atoms with Gasteiger partial charge in [0.15, 0.2) is 0 Å². The molecule has 30 heavy (non-hydrogen) atoms. The van der Waals surface area contributed by atoms with Gasteiger partial charge in [0.1, 0.15) is 0 Å². The summed E-state index contributed by atoms with van der Waals surface area (Å²) in [6.07, 6.45) is 3.13. The summed E-state index contributed by atoms with van der Waals surface area (Å²) in [5.74, 6) is 0.707. The number of carbonyl (C=O) groups is 2. The van der Waals surface area contributed by atoms with Crippen LogP contribution in [0.1, 0.15) is 31.2 Å². The zero-order valence-electron chi connectivity index (χ0n) is 17.3. The second kappa shape index (κ2) is 10.1. The van der Waals surface area contributed by atoms with Gasteiger partial charge in [-0.3, -0.25) is 14.5 Å². The number of thioether (sulfide) groups is 1. The number of benzene rings is 2. The number of hydrogen-bond donors (Lipinski definition) is 1. The zero-order chi connectivity index (χ0) is 20.8. The Hall–Kier alpha value is -2.31. The lowest BCUT2D eigenvalue weighted by molar-refractivity contribution is -0.122. The van der Waals surface area contributed by atoms with Crippen molar-refractivity contribution in [3.05, 3.63) is 60.2 Å². The summed E-state index contributed by atoms with van der Waals surface area (Å²) in [5, 5.41) is 3.20. The third-order valence-electron chi connectivity index (χ3n) is 5.80. The normalized spacial score (nSPS) is 17.6. The fourth-order valence-corrected chi connectivity index (χ4v) is 5.11. The van der Waals surface area contributed by atoms with Crippen LogP contribution in [-0.4, -0.2) is 48.1 Å². The molecule has 0 aliphatic carbocycles. The van der Waals surface area contributed by atoms with Crippen molar-refractivity contribution in [2.24, 2.45) is 0 Å². The Bertz CT molecular complexity index is 866. The van der Waals surface area contributed by atoms with Crippen molar-refractivity contribution in [3.8, 4) is 0 Å². The van der Waals surface area contributed by atoms with Gasteiger partial charge in [-0.2, -0.15) is 0 Å². The van der Waals surface area contributed by atoms with E-state index in [1.165, 1.54) is 5.56 Å². The van der Waals surface area contributed by atoms with Crippen LogP contribution in [0.3, 0.4) is 0 Å². The molecule has 2 aromatic carbocycles. The number of para-hydroxylation sites is 1. The van der Waals surface area contributed by atoms with Crippen molar-refractivity contribution in [1.82, 2.24) is 10.2 Å². The summed E-state index contributed by atoms with van der Waals surface area (Å²) < 4.78 is 0. The maximum atomic E-state index is 12.4. The predicted octanol–water partition coefficient (Wildman–Crippen LogP) is 3.69. The van der Waals surface area contributed by atoms with Gasteiger partial charge < -0.3 is 10.2 Å². The molecule has 1 N–H and O–H groups in total. The van der Waals surface area contributed by atoms with Crippen molar-refractivity contribution in [1.29, 1.82) is 0 Å². The molecule has 0 bridgehead atoms. The van der Waals surface area contributed by atoms with Gasteiger partial charge in [0.2, 0.25) is 11.8 Å². The molecule has 0 atom stereocenters. The summed E-state index contributed by atoms with van der Waals surface area (Å²) in [4.78, 5) is 30.2. The van der Waals surface area contributed by atoms with Gasteiger partial charge in [0.25, 0.3) is 0 Å². The number of nitrogens with zero attached hydrogens (tertiary/aromatic N) is 2. The summed E-state index contributed by atoms with van der Waals surface area (Å²) in [6, 6.07) is 18.8. The van der Waals surface area contributed by atoms with E-state index in [1.54, 1.807) is 11.8 Å². The SMILES string of the molecule is O=C(CCCN1C(=O)CSc2ccccc21)NC1CCN(Cc2ccccc2)CC1. The number of carbonyl (C=O) groups excluding carboxylic acids is 2. The van der Waals surface area contributed by atoms with E-state index >= 15 is 0 Å². The van der Waals surface area contributed by atoms with Crippen LogP contribution in [0.5, 0.6) is 0 Å². The lowest BCUT2D eigenvalue weighted by atomic mass is 10.0. The second-order valence-electron chi connectivity index (χ2n) is 8.01. The first kappa shape index (κ1) is 20.9. The molecule has 2 heterocycles. The van der Waals surface area contributed by atoms with E-state index in [-0.39, 0.29) is 17.9 Å². The van der Waals surface area contributed by atoms with Crippen LogP contribution < -0.4 is 10.2 Å². The standard InChI is InChI=1S/C24H29N3O2S/c28-23(11-6-14-27-21-9-4-5-10-22(21)30-18-24(27)29)25-20-12-15-26(16-13-20)17-19-7-2-1-3-8-19/h1-5,7-10,20H,6,11-18H2,(H,25,28). The van der Waals surface area contributed by atoms with E-state index in [0.717, 1.165) is 43.1 Å². The molecule has 4 rings (SSSR count). The van der Waals surface area contributed by atoms with Crippen molar-refractivity contribution in [2.75, 3.05) is 30.3 Å². The molecule has 5 nitrogen and oxygen atoms in total. The molecular weight excluding hydrogens is 394 g/mol. The van der Waals surface area contributed by atoms with Crippen LogP contribution in [-0.2, 0) is 16.1 Å². The molecule has 0 spiro atoms. The smallest absolute Gasteiger partial charge is 0.237 e. The topological polar surface area (TPSA) is 52.7 Å². The summed E-state index contributed by atoms with van der Waals surface area (Å²) in [5.41, 5.74) is 2.32. The average molecular weight is 424 g/mol. The Morgan fingerprint density at radius 2 is 1.77 bits per heavy atom. The third kappa shape index (κ3) is 5.43. The first-order valence-corrected chi connectivity index (χ1v) is 11.8. The van der Waals surface area contributed by atoms with Gasteiger partial charge >= 0.3 is 0 Å². The maximum absolute atomic E-state index is 12.4. The molecule has 158 valence electrons. The predicted molar refractivity (Wildman–Crippen MR) is 122 cm³/mol. The number of hydrogen-bond acceptors (Lipinski definition) is 4. The van der Waals surface area contributed by atoms with Crippen molar-refractivity contribution >= 4 is 29.3 Å². The zero-order valence-corrected chi connectivity index (χ0v) is 18.1.